The lowest BCUT2D eigenvalue weighted by molar-refractivity contribution is 0.102. The molecule has 10 nitrogen and oxygen atoms in total. The average molecular weight is 429 g/mol. The molecule has 2 N–H and O–H groups in total. The van der Waals surface area contributed by atoms with Gasteiger partial charge in [0.1, 0.15) is 10.7 Å². The van der Waals surface area contributed by atoms with E-state index in [2.05, 4.69) is 35.2 Å². The fourth-order valence-corrected chi connectivity index (χ4v) is 3.96. The van der Waals surface area contributed by atoms with Crippen molar-refractivity contribution in [3.63, 3.8) is 0 Å². The second kappa shape index (κ2) is 7.93. The monoisotopic (exact) mass is 429 g/mol. The molecule has 0 fully saturated rings. The summed E-state index contributed by atoms with van der Waals surface area (Å²) in [7, 11) is 1.53. The van der Waals surface area contributed by atoms with Crippen LogP contribution in [0, 0.1) is 13.8 Å². The predicted octanol–water partition coefficient (Wildman–Crippen LogP) is 3.67. The number of ether oxygens (including phenoxy) is 1. The molecule has 4 aromatic heterocycles. The van der Waals surface area contributed by atoms with Gasteiger partial charge in [0.15, 0.2) is 5.13 Å². The van der Waals surface area contributed by atoms with Crippen LogP contribution < -0.4 is 15.4 Å². The van der Waals surface area contributed by atoms with Crippen molar-refractivity contribution in [2.45, 2.75) is 13.8 Å². The van der Waals surface area contributed by atoms with Crippen molar-refractivity contribution < 1.29 is 13.9 Å². The van der Waals surface area contributed by atoms with E-state index in [0.717, 1.165) is 0 Å². The first-order valence-corrected chi connectivity index (χ1v) is 9.99. The van der Waals surface area contributed by atoms with Gasteiger partial charge in [-0.05, 0) is 24.5 Å². The molecule has 0 saturated carbocycles. The fraction of sp³-hybridized carbons (Fsp3) is 0.176. The Morgan fingerprint density at radius 3 is 2.79 bits per heavy atom. The highest BCUT2D eigenvalue weighted by molar-refractivity contribution is 7.15. The summed E-state index contributed by atoms with van der Waals surface area (Å²) < 4.78 is 14.7. The molecular formula is C17H15N7O3S2. The molecule has 0 radical (unpaired) electrons. The third-order valence-electron chi connectivity index (χ3n) is 3.76. The van der Waals surface area contributed by atoms with Gasteiger partial charge in [-0.2, -0.15) is 4.37 Å². The van der Waals surface area contributed by atoms with E-state index in [1.807, 2.05) is 0 Å². The number of carbonyl (C=O) groups excluding carboxylic acids is 1. The molecule has 0 saturated heterocycles. The Bertz CT molecular complexity index is 1150. The number of amides is 1. The molecule has 12 heteroatoms. The van der Waals surface area contributed by atoms with E-state index in [9.17, 15) is 4.79 Å². The van der Waals surface area contributed by atoms with E-state index in [-0.39, 0.29) is 5.91 Å². The first-order valence-electron chi connectivity index (χ1n) is 8.34. The second-order valence-electron chi connectivity index (χ2n) is 5.80. The zero-order valence-corrected chi connectivity index (χ0v) is 17.2. The molecule has 0 aliphatic carbocycles. The quantitative estimate of drug-likeness (QED) is 0.472. The van der Waals surface area contributed by atoms with Crippen LogP contribution in [0.2, 0.25) is 0 Å². The van der Waals surface area contributed by atoms with Gasteiger partial charge < -0.3 is 19.8 Å². The smallest absolute Gasteiger partial charge is 0.267 e. The number of hydrogen-bond acceptors (Lipinski definition) is 11. The molecule has 0 aliphatic rings. The fourth-order valence-electron chi connectivity index (χ4n) is 2.42. The predicted molar refractivity (Wildman–Crippen MR) is 109 cm³/mol. The van der Waals surface area contributed by atoms with Gasteiger partial charge in [-0.15, -0.1) is 21.5 Å². The second-order valence-corrected chi connectivity index (χ2v) is 7.44. The molecule has 0 atom stereocenters. The molecule has 0 unspecified atom stereocenters. The molecule has 0 spiro atoms. The third-order valence-corrected chi connectivity index (χ3v) is 5.37. The molecule has 4 rings (SSSR count). The van der Waals surface area contributed by atoms with Crippen molar-refractivity contribution in [2.24, 2.45) is 0 Å². The van der Waals surface area contributed by atoms with E-state index in [4.69, 9.17) is 9.15 Å². The van der Waals surface area contributed by atoms with Crippen molar-refractivity contribution in [1.82, 2.24) is 24.5 Å². The van der Waals surface area contributed by atoms with Crippen molar-refractivity contribution in [3.8, 4) is 17.5 Å². The Labute approximate surface area is 173 Å². The summed E-state index contributed by atoms with van der Waals surface area (Å²) in [6.07, 6.45) is 1.53. The highest BCUT2D eigenvalue weighted by atomic mass is 32.1. The molecule has 1 amide bonds. The topological polar surface area (TPSA) is 128 Å². The Balaban J connectivity index is 1.52. The van der Waals surface area contributed by atoms with Crippen molar-refractivity contribution >= 4 is 44.6 Å². The zero-order valence-electron chi connectivity index (χ0n) is 15.6. The Hall–Kier alpha value is -3.38. The van der Waals surface area contributed by atoms with Gasteiger partial charge in [-0.3, -0.25) is 4.79 Å². The Morgan fingerprint density at radius 2 is 2.10 bits per heavy atom. The average Bonchev–Trinajstić information content (AvgIpc) is 3.43. The summed E-state index contributed by atoms with van der Waals surface area (Å²) in [5.41, 5.74) is 2.17. The van der Waals surface area contributed by atoms with E-state index in [1.165, 1.54) is 36.2 Å². The number of thiazole rings is 1. The number of nitrogens with zero attached hydrogens (tertiary/aromatic N) is 5. The van der Waals surface area contributed by atoms with Crippen LogP contribution >= 0.6 is 22.9 Å². The number of anilines is 3. The summed E-state index contributed by atoms with van der Waals surface area (Å²) in [5, 5.41) is 16.7. The van der Waals surface area contributed by atoms with Gasteiger partial charge in [0.25, 0.3) is 11.8 Å². The minimum atomic E-state index is -0.296. The van der Waals surface area contributed by atoms with Crippen molar-refractivity contribution in [3.05, 3.63) is 40.9 Å². The van der Waals surface area contributed by atoms with Crippen LogP contribution in [0.25, 0.3) is 11.6 Å². The van der Waals surface area contributed by atoms with Gasteiger partial charge in [-0.25, -0.2) is 9.97 Å². The van der Waals surface area contributed by atoms with Crippen LogP contribution in [0.3, 0.4) is 0 Å². The normalized spacial score (nSPS) is 10.7. The molecule has 0 aliphatic heterocycles. The molecule has 29 heavy (non-hydrogen) atoms. The SMILES string of the molecule is COc1ccc(NC(=O)c2c(C)nsc2Nc2nc(-c3nnc(C)o3)cs2)cn1. The van der Waals surface area contributed by atoms with E-state index in [0.29, 0.717) is 50.4 Å². The number of aromatic nitrogens is 5. The van der Waals surface area contributed by atoms with Crippen molar-refractivity contribution in [2.75, 3.05) is 17.7 Å². The lowest BCUT2D eigenvalue weighted by atomic mass is 10.2. The first kappa shape index (κ1) is 19.0. The molecule has 148 valence electrons. The number of nitrogens with one attached hydrogen (secondary N) is 2. The minimum absolute atomic E-state index is 0.296. The van der Waals surface area contributed by atoms with Gasteiger partial charge in [0.05, 0.1) is 30.3 Å². The number of pyridine rings is 1. The third kappa shape index (κ3) is 4.07. The molecule has 0 bridgehead atoms. The number of carbonyl (C=O) groups is 1. The molecule has 4 aromatic rings. The van der Waals surface area contributed by atoms with E-state index < -0.39 is 0 Å². The first-order chi connectivity index (χ1) is 14.0. The number of rotatable bonds is 6. The van der Waals surface area contributed by atoms with E-state index >= 15 is 0 Å². The summed E-state index contributed by atoms with van der Waals surface area (Å²) >= 11 is 2.54. The molecule has 0 aromatic carbocycles. The van der Waals surface area contributed by atoms with Crippen LogP contribution in [0.15, 0.2) is 28.1 Å². The summed E-state index contributed by atoms with van der Waals surface area (Å²) in [4.78, 5) is 21.3. The Morgan fingerprint density at radius 1 is 1.24 bits per heavy atom. The van der Waals surface area contributed by atoms with Gasteiger partial charge in [0.2, 0.25) is 11.8 Å². The van der Waals surface area contributed by atoms with Crippen LogP contribution in [0.5, 0.6) is 5.88 Å². The minimum Gasteiger partial charge on any atom is -0.481 e. The van der Waals surface area contributed by atoms with Crippen LogP contribution in [-0.4, -0.2) is 37.6 Å². The summed E-state index contributed by atoms with van der Waals surface area (Å²) in [6, 6.07) is 3.38. The maximum atomic E-state index is 12.8. The summed E-state index contributed by atoms with van der Waals surface area (Å²) in [6.45, 7) is 3.49. The molecular weight excluding hydrogens is 414 g/mol. The zero-order chi connectivity index (χ0) is 20.4. The lowest BCUT2D eigenvalue weighted by Gasteiger charge is -2.07. The van der Waals surface area contributed by atoms with Gasteiger partial charge in [-0.1, -0.05) is 0 Å². The standard InChI is InChI=1S/C17H15N7O3S2/c1-8-13(14(25)19-10-4-5-12(26-3)18-6-10)16(29-24-8)21-17-20-11(7-28-17)15-23-22-9(2)27-15/h4-7H,1-3H3,(H,19,25)(H,20,21). The van der Waals surface area contributed by atoms with Crippen LogP contribution in [0.4, 0.5) is 15.8 Å². The number of methoxy groups -OCH3 is 1. The van der Waals surface area contributed by atoms with Gasteiger partial charge in [0, 0.05) is 18.4 Å². The highest BCUT2D eigenvalue weighted by Crippen LogP contribution is 2.32. The van der Waals surface area contributed by atoms with Crippen LogP contribution in [0.1, 0.15) is 21.9 Å². The van der Waals surface area contributed by atoms with Crippen LogP contribution in [-0.2, 0) is 0 Å². The highest BCUT2D eigenvalue weighted by Gasteiger charge is 2.20. The Kier molecular flexibility index (Phi) is 5.18. The van der Waals surface area contributed by atoms with E-state index in [1.54, 1.807) is 31.4 Å². The largest absolute Gasteiger partial charge is 0.481 e. The lowest BCUT2D eigenvalue weighted by Crippen LogP contribution is -2.14. The number of hydrogen-bond donors (Lipinski definition) is 2. The molecule has 4 heterocycles. The maximum absolute atomic E-state index is 12.8. The summed E-state index contributed by atoms with van der Waals surface area (Å²) in [5.74, 6) is 0.981. The number of aryl methyl sites for hydroxylation is 2. The maximum Gasteiger partial charge on any atom is 0.267 e. The van der Waals surface area contributed by atoms with Gasteiger partial charge >= 0.3 is 0 Å². The van der Waals surface area contributed by atoms with Crippen molar-refractivity contribution in [1.29, 1.82) is 0 Å².